The Balaban J connectivity index is 2.53. The Morgan fingerprint density at radius 2 is 2.00 bits per heavy atom. The molecule has 0 aromatic carbocycles. The van der Waals surface area contributed by atoms with E-state index < -0.39 is 6.04 Å². The monoisotopic (exact) mass is 229 g/mol. The first-order valence-electron chi connectivity index (χ1n) is 6.15. The van der Waals surface area contributed by atoms with Crippen molar-refractivity contribution in [3.63, 3.8) is 0 Å². The Bertz CT molecular complexity index is 214. The number of esters is 1. The van der Waals surface area contributed by atoms with E-state index in [1.54, 1.807) is 14.0 Å². The summed E-state index contributed by atoms with van der Waals surface area (Å²) >= 11 is 0. The van der Waals surface area contributed by atoms with Gasteiger partial charge >= 0.3 is 5.97 Å². The predicted molar refractivity (Wildman–Crippen MR) is 62.0 cm³/mol. The summed E-state index contributed by atoms with van der Waals surface area (Å²) < 4.78 is 10.3. The van der Waals surface area contributed by atoms with Crippen LogP contribution in [0.25, 0.3) is 0 Å². The summed E-state index contributed by atoms with van der Waals surface area (Å²) in [6.45, 7) is 2.15. The van der Waals surface area contributed by atoms with Gasteiger partial charge in [-0.25, -0.2) is 0 Å². The molecule has 0 aliphatic heterocycles. The summed E-state index contributed by atoms with van der Waals surface area (Å²) in [7, 11) is 1.62. The molecule has 1 aliphatic rings. The Morgan fingerprint density at radius 3 is 2.50 bits per heavy atom. The van der Waals surface area contributed by atoms with E-state index in [4.69, 9.17) is 15.2 Å². The Labute approximate surface area is 97.5 Å². The summed E-state index contributed by atoms with van der Waals surface area (Å²) in [5.41, 5.74) is 5.89. The molecule has 0 aromatic rings. The third-order valence-electron chi connectivity index (χ3n) is 3.30. The van der Waals surface area contributed by atoms with Gasteiger partial charge in [0.15, 0.2) is 0 Å². The summed E-state index contributed by atoms with van der Waals surface area (Å²) in [6, 6.07) is -0.645. The molecular weight excluding hydrogens is 206 g/mol. The van der Waals surface area contributed by atoms with E-state index >= 15 is 0 Å². The van der Waals surface area contributed by atoms with Gasteiger partial charge in [0.2, 0.25) is 0 Å². The Morgan fingerprint density at radius 1 is 1.38 bits per heavy atom. The standard InChI is InChI=1S/C12H23NO3/c1-3-16-12(14)10(13)11(15-2)9-7-5-4-6-8-9/h9-11H,3-8,13H2,1-2H3. The lowest BCUT2D eigenvalue weighted by molar-refractivity contribution is -0.149. The Hall–Kier alpha value is -0.610. The van der Waals surface area contributed by atoms with Crippen LogP contribution < -0.4 is 5.73 Å². The van der Waals surface area contributed by atoms with Gasteiger partial charge < -0.3 is 15.2 Å². The van der Waals surface area contributed by atoms with Crippen LogP contribution in [0.4, 0.5) is 0 Å². The van der Waals surface area contributed by atoms with Crippen LogP contribution in [0.2, 0.25) is 0 Å². The van der Waals surface area contributed by atoms with Gasteiger partial charge in [0.05, 0.1) is 12.7 Å². The van der Waals surface area contributed by atoms with Crippen molar-refractivity contribution in [3.8, 4) is 0 Å². The van der Waals surface area contributed by atoms with Crippen LogP contribution in [0.5, 0.6) is 0 Å². The molecule has 16 heavy (non-hydrogen) atoms. The van der Waals surface area contributed by atoms with Crippen molar-refractivity contribution in [2.45, 2.75) is 51.2 Å². The number of ether oxygens (including phenoxy) is 2. The molecule has 0 spiro atoms. The van der Waals surface area contributed by atoms with Crippen molar-refractivity contribution >= 4 is 5.97 Å². The van der Waals surface area contributed by atoms with Gasteiger partial charge in [0, 0.05) is 7.11 Å². The summed E-state index contributed by atoms with van der Waals surface area (Å²) in [6.07, 6.45) is 5.71. The van der Waals surface area contributed by atoms with Crippen LogP contribution in [-0.2, 0) is 14.3 Å². The number of hydrogen-bond acceptors (Lipinski definition) is 4. The maximum absolute atomic E-state index is 11.6. The molecule has 1 saturated carbocycles. The van der Waals surface area contributed by atoms with E-state index in [2.05, 4.69) is 0 Å². The number of nitrogens with two attached hydrogens (primary N) is 1. The topological polar surface area (TPSA) is 61.5 Å². The largest absolute Gasteiger partial charge is 0.465 e. The second-order valence-corrected chi connectivity index (χ2v) is 4.38. The summed E-state index contributed by atoms with van der Waals surface area (Å²) in [4.78, 5) is 11.6. The highest BCUT2D eigenvalue weighted by Gasteiger charge is 2.33. The van der Waals surface area contributed by atoms with Gasteiger partial charge in [0.25, 0.3) is 0 Å². The molecule has 4 nitrogen and oxygen atoms in total. The van der Waals surface area contributed by atoms with E-state index in [1.165, 1.54) is 19.3 Å². The predicted octanol–water partition coefficient (Wildman–Crippen LogP) is 1.47. The summed E-state index contributed by atoms with van der Waals surface area (Å²) in [5.74, 6) is 0.0538. The fraction of sp³-hybridized carbons (Fsp3) is 0.917. The lowest BCUT2D eigenvalue weighted by Gasteiger charge is -2.31. The highest BCUT2D eigenvalue weighted by molar-refractivity contribution is 5.76. The van der Waals surface area contributed by atoms with Crippen molar-refractivity contribution in [3.05, 3.63) is 0 Å². The smallest absolute Gasteiger partial charge is 0.325 e. The molecule has 2 atom stereocenters. The van der Waals surface area contributed by atoms with E-state index in [1.807, 2.05) is 0 Å². The third kappa shape index (κ3) is 3.46. The summed E-state index contributed by atoms with van der Waals surface area (Å²) in [5, 5.41) is 0. The molecule has 0 amide bonds. The lowest BCUT2D eigenvalue weighted by atomic mass is 9.82. The first-order valence-corrected chi connectivity index (χ1v) is 6.15. The quantitative estimate of drug-likeness (QED) is 0.725. The van der Waals surface area contributed by atoms with E-state index in [-0.39, 0.29) is 12.1 Å². The van der Waals surface area contributed by atoms with Crippen molar-refractivity contribution in [1.29, 1.82) is 0 Å². The second-order valence-electron chi connectivity index (χ2n) is 4.38. The van der Waals surface area contributed by atoms with Crippen LogP contribution in [0, 0.1) is 5.92 Å². The first-order chi connectivity index (χ1) is 7.70. The van der Waals surface area contributed by atoms with E-state index in [0.717, 1.165) is 12.8 Å². The third-order valence-corrected chi connectivity index (χ3v) is 3.30. The van der Waals surface area contributed by atoms with Crippen molar-refractivity contribution in [2.24, 2.45) is 11.7 Å². The molecule has 0 bridgehead atoms. The van der Waals surface area contributed by atoms with E-state index in [9.17, 15) is 4.79 Å². The molecule has 2 unspecified atom stereocenters. The molecule has 2 N–H and O–H groups in total. The molecule has 1 fully saturated rings. The van der Waals surface area contributed by atoms with Gasteiger partial charge in [0.1, 0.15) is 6.04 Å². The molecule has 4 heteroatoms. The van der Waals surface area contributed by atoms with Gasteiger partial charge in [-0.05, 0) is 25.7 Å². The van der Waals surface area contributed by atoms with Gasteiger partial charge in [-0.2, -0.15) is 0 Å². The molecule has 0 saturated heterocycles. The highest BCUT2D eigenvalue weighted by atomic mass is 16.5. The molecule has 1 aliphatic carbocycles. The van der Waals surface area contributed by atoms with Crippen LogP contribution in [0.15, 0.2) is 0 Å². The average molecular weight is 229 g/mol. The second kappa shape index (κ2) is 6.86. The van der Waals surface area contributed by atoms with Crippen LogP contribution in [-0.4, -0.2) is 31.8 Å². The maximum atomic E-state index is 11.6. The SMILES string of the molecule is CCOC(=O)C(N)C(OC)C1CCCCC1. The fourth-order valence-electron chi connectivity index (χ4n) is 2.47. The molecule has 1 rings (SSSR count). The van der Waals surface area contributed by atoms with E-state index in [0.29, 0.717) is 12.5 Å². The van der Waals surface area contributed by atoms with Gasteiger partial charge in [-0.15, -0.1) is 0 Å². The number of carbonyl (C=O) groups excluding carboxylic acids is 1. The molecular formula is C12H23NO3. The van der Waals surface area contributed by atoms with Gasteiger partial charge in [-0.1, -0.05) is 19.3 Å². The van der Waals surface area contributed by atoms with Gasteiger partial charge in [-0.3, -0.25) is 4.79 Å². The zero-order chi connectivity index (χ0) is 12.0. The molecule has 0 aromatic heterocycles. The number of hydrogen-bond donors (Lipinski definition) is 1. The van der Waals surface area contributed by atoms with Crippen LogP contribution in [0.1, 0.15) is 39.0 Å². The van der Waals surface area contributed by atoms with Crippen molar-refractivity contribution in [2.75, 3.05) is 13.7 Å². The number of methoxy groups -OCH3 is 1. The lowest BCUT2D eigenvalue weighted by Crippen LogP contribution is -2.48. The zero-order valence-corrected chi connectivity index (χ0v) is 10.3. The maximum Gasteiger partial charge on any atom is 0.325 e. The highest BCUT2D eigenvalue weighted by Crippen LogP contribution is 2.29. The minimum Gasteiger partial charge on any atom is -0.465 e. The molecule has 0 heterocycles. The van der Waals surface area contributed by atoms with Crippen molar-refractivity contribution in [1.82, 2.24) is 0 Å². The van der Waals surface area contributed by atoms with Crippen LogP contribution in [0.3, 0.4) is 0 Å². The van der Waals surface area contributed by atoms with Crippen molar-refractivity contribution < 1.29 is 14.3 Å². The molecule has 0 radical (unpaired) electrons. The number of rotatable bonds is 5. The fourth-order valence-corrected chi connectivity index (χ4v) is 2.47. The first kappa shape index (κ1) is 13.5. The number of carbonyl (C=O) groups is 1. The Kier molecular flexibility index (Phi) is 5.77. The van der Waals surface area contributed by atoms with Crippen LogP contribution >= 0.6 is 0 Å². The zero-order valence-electron chi connectivity index (χ0n) is 10.3. The normalized spacial score (nSPS) is 21.4. The minimum atomic E-state index is -0.645. The average Bonchev–Trinajstić information content (AvgIpc) is 2.31. The minimum absolute atomic E-state index is 0.195. The molecule has 94 valence electrons.